The fourth-order valence-electron chi connectivity index (χ4n) is 1.70. The molecule has 2 rings (SSSR count). The second kappa shape index (κ2) is 6.53. The van der Waals surface area contributed by atoms with E-state index in [9.17, 15) is 8.42 Å². The molecule has 6 nitrogen and oxygen atoms in total. The first kappa shape index (κ1) is 14.5. The van der Waals surface area contributed by atoms with E-state index in [-0.39, 0.29) is 4.90 Å². The van der Waals surface area contributed by atoms with E-state index in [2.05, 4.69) is 9.88 Å². The largest absolute Gasteiger partial charge is 0.497 e. The highest BCUT2D eigenvalue weighted by Crippen LogP contribution is 2.16. The summed E-state index contributed by atoms with van der Waals surface area (Å²) in [5.41, 5.74) is 0.950. The summed E-state index contributed by atoms with van der Waals surface area (Å²) < 4.78 is 36.4. The first-order valence-electron chi connectivity index (χ1n) is 6.14. The maximum atomic E-state index is 12.1. The van der Waals surface area contributed by atoms with Crippen molar-refractivity contribution in [3.8, 4) is 5.75 Å². The second-order valence-electron chi connectivity index (χ2n) is 4.21. The van der Waals surface area contributed by atoms with Gasteiger partial charge in [-0.25, -0.2) is 13.1 Å². The van der Waals surface area contributed by atoms with E-state index in [1.807, 2.05) is 0 Å². The Bertz CT molecular complexity index is 638. The van der Waals surface area contributed by atoms with Crippen LogP contribution in [0.15, 0.2) is 46.1 Å². The fourth-order valence-corrected chi connectivity index (χ4v) is 2.81. The predicted octanol–water partition coefficient (Wildman–Crippen LogP) is 1.59. The van der Waals surface area contributed by atoms with Crippen LogP contribution in [-0.4, -0.2) is 27.2 Å². The zero-order valence-electron chi connectivity index (χ0n) is 11.1. The molecule has 1 aromatic carbocycles. The van der Waals surface area contributed by atoms with Gasteiger partial charge in [-0.15, -0.1) is 0 Å². The molecule has 0 spiro atoms. The summed E-state index contributed by atoms with van der Waals surface area (Å²) in [5.74, 6) is 0.511. The van der Waals surface area contributed by atoms with E-state index in [1.54, 1.807) is 24.6 Å². The van der Waals surface area contributed by atoms with Crippen molar-refractivity contribution >= 4 is 10.0 Å². The summed E-state index contributed by atoms with van der Waals surface area (Å²) in [5, 5.41) is 3.59. The predicted molar refractivity (Wildman–Crippen MR) is 73.0 cm³/mol. The second-order valence-corrected chi connectivity index (χ2v) is 5.98. The standard InChI is InChI=1S/C13H16N2O4S/c1-18-12-5-2-6-13(8-12)20(16,17)15-7-3-4-11-9-14-19-10-11/h2,5-6,8-10,15H,3-4,7H2,1H3. The highest BCUT2D eigenvalue weighted by atomic mass is 32.2. The number of ether oxygens (including phenoxy) is 1. The number of methoxy groups -OCH3 is 1. The third-order valence-electron chi connectivity index (χ3n) is 2.77. The van der Waals surface area contributed by atoms with Gasteiger partial charge < -0.3 is 9.26 Å². The number of nitrogens with zero attached hydrogens (tertiary/aromatic N) is 1. The third kappa shape index (κ3) is 3.82. The highest BCUT2D eigenvalue weighted by molar-refractivity contribution is 7.89. The lowest BCUT2D eigenvalue weighted by Crippen LogP contribution is -2.25. The van der Waals surface area contributed by atoms with E-state index < -0.39 is 10.0 Å². The van der Waals surface area contributed by atoms with Gasteiger partial charge in [-0.05, 0) is 25.0 Å². The van der Waals surface area contributed by atoms with E-state index in [1.165, 1.54) is 19.2 Å². The maximum Gasteiger partial charge on any atom is 0.240 e. The first-order valence-corrected chi connectivity index (χ1v) is 7.62. The summed E-state index contributed by atoms with van der Waals surface area (Å²) in [6.45, 7) is 0.352. The molecule has 1 aromatic heterocycles. The van der Waals surface area contributed by atoms with E-state index in [0.29, 0.717) is 25.1 Å². The lowest BCUT2D eigenvalue weighted by atomic mass is 10.2. The monoisotopic (exact) mass is 296 g/mol. The van der Waals surface area contributed by atoms with Gasteiger partial charge in [0.15, 0.2) is 0 Å². The summed E-state index contributed by atoms with van der Waals surface area (Å²) in [7, 11) is -2.00. The maximum absolute atomic E-state index is 12.1. The van der Waals surface area contributed by atoms with E-state index >= 15 is 0 Å². The lowest BCUT2D eigenvalue weighted by molar-refractivity contribution is 0.413. The molecule has 0 aliphatic carbocycles. The van der Waals surface area contributed by atoms with Gasteiger partial charge in [-0.3, -0.25) is 0 Å². The van der Waals surface area contributed by atoms with Crippen LogP contribution in [0, 0.1) is 0 Å². The zero-order chi connectivity index (χ0) is 14.4. The van der Waals surface area contributed by atoms with Gasteiger partial charge in [-0.1, -0.05) is 11.2 Å². The summed E-state index contributed by atoms with van der Waals surface area (Å²) >= 11 is 0. The van der Waals surface area contributed by atoms with Gasteiger partial charge in [0, 0.05) is 18.2 Å². The van der Waals surface area contributed by atoms with Crippen molar-refractivity contribution in [1.82, 2.24) is 9.88 Å². The smallest absolute Gasteiger partial charge is 0.240 e. The minimum atomic E-state index is -3.50. The van der Waals surface area contributed by atoms with Crippen LogP contribution in [0.1, 0.15) is 12.0 Å². The van der Waals surface area contributed by atoms with Crippen LogP contribution in [0.3, 0.4) is 0 Å². The van der Waals surface area contributed by atoms with Gasteiger partial charge in [0.2, 0.25) is 10.0 Å². The zero-order valence-corrected chi connectivity index (χ0v) is 11.9. The molecule has 20 heavy (non-hydrogen) atoms. The van der Waals surface area contributed by atoms with Gasteiger partial charge in [-0.2, -0.15) is 0 Å². The van der Waals surface area contributed by atoms with Crippen molar-refractivity contribution in [3.05, 3.63) is 42.3 Å². The van der Waals surface area contributed by atoms with Gasteiger partial charge in [0.05, 0.1) is 18.2 Å². The summed E-state index contributed by atoms with van der Waals surface area (Å²) in [6, 6.07) is 6.36. The Kier molecular flexibility index (Phi) is 4.75. The molecule has 0 unspecified atom stereocenters. The molecule has 108 valence electrons. The molecule has 7 heteroatoms. The molecule has 2 aromatic rings. The number of hydrogen-bond acceptors (Lipinski definition) is 5. The minimum absolute atomic E-state index is 0.196. The van der Waals surface area contributed by atoms with Crippen molar-refractivity contribution in [1.29, 1.82) is 0 Å². The molecule has 0 amide bonds. The van der Waals surface area contributed by atoms with Crippen LogP contribution < -0.4 is 9.46 Å². The number of aryl methyl sites for hydroxylation is 1. The third-order valence-corrected chi connectivity index (χ3v) is 4.23. The molecule has 1 N–H and O–H groups in total. The molecule has 1 heterocycles. The number of benzene rings is 1. The van der Waals surface area contributed by atoms with Crippen LogP contribution >= 0.6 is 0 Å². The number of rotatable bonds is 7. The lowest BCUT2D eigenvalue weighted by Gasteiger charge is -2.07. The fraction of sp³-hybridized carbons (Fsp3) is 0.308. The Balaban J connectivity index is 1.90. The van der Waals surface area contributed by atoms with Gasteiger partial charge in [0.25, 0.3) is 0 Å². The average Bonchev–Trinajstić information content (AvgIpc) is 2.97. The van der Waals surface area contributed by atoms with Crippen LogP contribution in [0.2, 0.25) is 0 Å². The van der Waals surface area contributed by atoms with E-state index in [4.69, 9.17) is 9.26 Å². The Morgan fingerprint density at radius 1 is 1.40 bits per heavy atom. The number of sulfonamides is 1. The van der Waals surface area contributed by atoms with Gasteiger partial charge in [0.1, 0.15) is 12.0 Å². The Labute approximate surface area is 117 Å². The van der Waals surface area contributed by atoms with Crippen molar-refractivity contribution in [2.24, 2.45) is 0 Å². The number of hydrogen-bond donors (Lipinski definition) is 1. The van der Waals surface area contributed by atoms with Crippen molar-refractivity contribution < 1.29 is 17.7 Å². The quantitative estimate of drug-likeness (QED) is 0.785. The SMILES string of the molecule is COc1cccc(S(=O)(=O)NCCCc2cnoc2)c1. The van der Waals surface area contributed by atoms with E-state index in [0.717, 1.165) is 5.56 Å². The van der Waals surface area contributed by atoms with Crippen LogP contribution in [0.25, 0.3) is 0 Å². The first-order chi connectivity index (χ1) is 9.62. The normalized spacial score (nSPS) is 11.4. The van der Waals surface area contributed by atoms with Crippen LogP contribution in [0.5, 0.6) is 5.75 Å². The average molecular weight is 296 g/mol. The molecule has 0 radical (unpaired) electrons. The molecule has 0 fully saturated rings. The molecule has 0 atom stereocenters. The molecule has 0 bridgehead atoms. The molecule has 0 aliphatic heterocycles. The van der Waals surface area contributed by atoms with Crippen molar-refractivity contribution in [2.75, 3.05) is 13.7 Å². The van der Waals surface area contributed by atoms with Crippen LogP contribution in [0.4, 0.5) is 0 Å². The number of nitrogens with one attached hydrogen (secondary N) is 1. The van der Waals surface area contributed by atoms with Crippen molar-refractivity contribution in [2.45, 2.75) is 17.7 Å². The number of aromatic nitrogens is 1. The molecular weight excluding hydrogens is 280 g/mol. The Morgan fingerprint density at radius 3 is 2.95 bits per heavy atom. The Morgan fingerprint density at radius 2 is 2.25 bits per heavy atom. The van der Waals surface area contributed by atoms with Gasteiger partial charge >= 0.3 is 0 Å². The van der Waals surface area contributed by atoms with Crippen molar-refractivity contribution in [3.63, 3.8) is 0 Å². The molecular formula is C13H16N2O4S. The molecule has 0 saturated heterocycles. The topological polar surface area (TPSA) is 81.4 Å². The Hall–Kier alpha value is -1.86. The molecule has 0 aliphatic rings. The molecule has 0 saturated carbocycles. The minimum Gasteiger partial charge on any atom is -0.497 e. The van der Waals surface area contributed by atoms with Crippen LogP contribution in [-0.2, 0) is 16.4 Å². The summed E-state index contributed by atoms with van der Waals surface area (Å²) in [6.07, 6.45) is 4.56. The summed E-state index contributed by atoms with van der Waals surface area (Å²) in [4.78, 5) is 0.196. The highest BCUT2D eigenvalue weighted by Gasteiger charge is 2.13.